The Balaban J connectivity index is 3.62. The maximum absolute atomic E-state index is 11.0. The molecule has 1 N–H and O–H groups in total. The summed E-state index contributed by atoms with van der Waals surface area (Å²) in [6, 6.07) is 0.331. The molecule has 0 saturated heterocycles. The molecule has 0 spiro atoms. The zero-order chi connectivity index (χ0) is 10.1. The Hall–Kier alpha value is -0.790. The Morgan fingerprint density at radius 3 is 2.62 bits per heavy atom. The molecule has 0 aliphatic heterocycles. The minimum absolute atomic E-state index is 0.0525. The Bertz CT molecular complexity index is 154. The van der Waals surface area contributed by atoms with Gasteiger partial charge in [-0.05, 0) is 18.9 Å². The minimum Gasteiger partial charge on any atom is -0.350 e. The van der Waals surface area contributed by atoms with Gasteiger partial charge in [0.15, 0.2) is 0 Å². The summed E-state index contributed by atoms with van der Waals surface area (Å²) in [7, 11) is 0. The molecule has 1 amide bonds. The van der Waals surface area contributed by atoms with Crippen LogP contribution in [0.15, 0.2) is 12.7 Å². The van der Waals surface area contributed by atoms with Gasteiger partial charge in [-0.3, -0.25) is 4.79 Å². The van der Waals surface area contributed by atoms with E-state index in [1.54, 1.807) is 0 Å². The first kappa shape index (κ1) is 12.2. The number of carbonyl (C=O) groups excluding carboxylic acids is 1. The van der Waals surface area contributed by atoms with Crippen molar-refractivity contribution >= 4 is 5.91 Å². The highest BCUT2D eigenvalue weighted by molar-refractivity contribution is 5.87. The monoisotopic (exact) mass is 183 g/mol. The molecular weight excluding hydrogens is 162 g/mol. The Morgan fingerprint density at radius 1 is 1.46 bits per heavy atom. The zero-order valence-electron chi connectivity index (χ0n) is 8.81. The van der Waals surface area contributed by atoms with Crippen LogP contribution < -0.4 is 5.32 Å². The Morgan fingerprint density at radius 2 is 2.15 bits per heavy atom. The van der Waals surface area contributed by atoms with Crippen molar-refractivity contribution in [3.63, 3.8) is 0 Å². The summed E-state index contributed by atoms with van der Waals surface area (Å²) in [5.74, 6) is -0.0525. The smallest absolute Gasteiger partial charge is 0.243 e. The van der Waals surface area contributed by atoms with Gasteiger partial charge in [0.2, 0.25) is 5.91 Å². The average Bonchev–Trinajstić information content (AvgIpc) is 2.16. The predicted molar refractivity (Wildman–Crippen MR) is 56.6 cm³/mol. The van der Waals surface area contributed by atoms with Crippen LogP contribution in [0.1, 0.15) is 46.0 Å². The minimum atomic E-state index is -0.0525. The standard InChI is InChI=1S/C11H21NO/c1-4-7-8-9-10(5-2)12-11(13)6-3/h6,10H,3-5,7-9H2,1-2H3,(H,12,13). The molecular formula is C11H21NO. The van der Waals surface area contributed by atoms with Crippen molar-refractivity contribution in [3.8, 4) is 0 Å². The third kappa shape index (κ3) is 6.38. The molecule has 76 valence electrons. The van der Waals surface area contributed by atoms with E-state index in [4.69, 9.17) is 0 Å². The summed E-state index contributed by atoms with van der Waals surface area (Å²) in [6.07, 6.45) is 7.11. The fourth-order valence-corrected chi connectivity index (χ4v) is 1.28. The van der Waals surface area contributed by atoms with E-state index >= 15 is 0 Å². The number of hydrogen-bond acceptors (Lipinski definition) is 1. The van der Waals surface area contributed by atoms with Gasteiger partial charge in [-0.1, -0.05) is 39.7 Å². The maximum Gasteiger partial charge on any atom is 0.243 e. The van der Waals surface area contributed by atoms with Gasteiger partial charge in [-0.25, -0.2) is 0 Å². The molecule has 0 aromatic carbocycles. The van der Waals surface area contributed by atoms with Crippen LogP contribution in [0.25, 0.3) is 0 Å². The first-order valence-electron chi connectivity index (χ1n) is 5.17. The zero-order valence-corrected chi connectivity index (χ0v) is 8.81. The number of hydrogen-bond donors (Lipinski definition) is 1. The summed E-state index contributed by atoms with van der Waals surface area (Å²) in [6.45, 7) is 7.71. The van der Waals surface area contributed by atoms with Gasteiger partial charge in [-0.2, -0.15) is 0 Å². The molecule has 0 saturated carbocycles. The number of rotatable bonds is 7. The van der Waals surface area contributed by atoms with Crippen molar-refractivity contribution in [2.45, 2.75) is 52.0 Å². The van der Waals surface area contributed by atoms with Gasteiger partial charge >= 0.3 is 0 Å². The molecule has 0 aliphatic rings. The average molecular weight is 183 g/mol. The van der Waals surface area contributed by atoms with Crippen LogP contribution in [0.3, 0.4) is 0 Å². The highest BCUT2D eigenvalue weighted by Gasteiger charge is 2.06. The van der Waals surface area contributed by atoms with Gasteiger partial charge in [-0.15, -0.1) is 0 Å². The second-order valence-electron chi connectivity index (χ2n) is 3.31. The van der Waals surface area contributed by atoms with Crippen LogP contribution in [0.2, 0.25) is 0 Å². The summed E-state index contributed by atoms with van der Waals surface area (Å²) >= 11 is 0. The molecule has 0 aromatic heterocycles. The molecule has 0 heterocycles. The molecule has 0 aromatic rings. The van der Waals surface area contributed by atoms with Gasteiger partial charge in [0.05, 0.1) is 0 Å². The fraction of sp³-hybridized carbons (Fsp3) is 0.727. The molecule has 0 radical (unpaired) electrons. The quantitative estimate of drug-likeness (QED) is 0.477. The predicted octanol–water partition coefficient (Wildman–Crippen LogP) is 2.65. The van der Waals surface area contributed by atoms with Gasteiger partial charge in [0.1, 0.15) is 0 Å². The molecule has 1 unspecified atom stereocenters. The lowest BCUT2D eigenvalue weighted by molar-refractivity contribution is -0.117. The van der Waals surface area contributed by atoms with Crippen LogP contribution in [0.5, 0.6) is 0 Å². The van der Waals surface area contributed by atoms with Gasteiger partial charge in [0, 0.05) is 6.04 Å². The first-order valence-corrected chi connectivity index (χ1v) is 5.17. The molecule has 0 fully saturated rings. The number of unbranched alkanes of at least 4 members (excludes halogenated alkanes) is 2. The highest BCUT2D eigenvalue weighted by Crippen LogP contribution is 2.05. The van der Waals surface area contributed by atoms with E-state index in [9.17, 15) is 4.79 Å². The lowest BCUT2D eigenvalue weighted by Crippen LogP contribution is -2.32. The van der Waals surface area contributed by atoms with Crippen molar-refractivity contribution < 1.29 is 4.79 Å². The summed E-state index contributed by atoms with van der Waals surface area (Å²) < 4.78 is 0. The van der Waals surface area contributed by atoms with Crippen LogP contribution in [-0.4, -0.2) is 11.9 Å². The molecule has 0 aliphatic carbocycles. The molecule has 2 nitrogen and oxygen atoms in total. The fourth-order valence-electron chi connectivity index (χ4n) is 1.28. The van der Waals surface area contributed by atoms with Gasteiger partial charge in [0.25, 0.3) is 0 Å². The third-order valence-electron chi connectivity index (χ3n) is 2.18. The van der Waals surface area contributed by atoms with Crippen molar-refractivity contribution in [2.75, 3.05) is 0 Å². The molecule has 0 rings (SSSR count). The Kier molecular flexibility index (Phi) is 7.36. The van der Waals surface area contributed by atoms with E-state index in [1.165, 1.54) is 25.3 Å². The summed E-state index contributed by atoms with van der Waals surface area (Å²) in [4.78, 5) is 11.0. The second-order valence-corrected chi connectivity index (χ2v) is 3.31. The van der Waals surface area contributed by atoms with Crippen LogP contribution in [-0.2, 0) is 4.79 Å². The SMILES string of the molecule is C=CC(=O)NC(CC)CCCCC. The lowest BCUT2D eigenvalue weighted by Gasteiger charge is -2.15. The Labute approximate surface area is 81.4 Å². The highest BCUT2D eigenvalue weighted by atomic mass is 16.1. The van der Waals surface area contributed by atoms with E-state index in [2.05, 4.69) is 25.7 Å². The maximum atomic E-state index is 11.0. The van der Waals surface area contributed by atoms with E-state index in [1.807, 2.05) is 0 Å². The van der Waals surface area contributed by atoms with Crippen molar-refractivity contribution in [1.82, 2.24) is 5.32 Å². The van der Waals surface area contributed by atoms with Crippen molar-refractivity contribution in [3.05, 3.63) is 12.7 Å². The van der Waals surface area contributed by atoms with Crippen LogP contribution in [0, 0.1) is 0 Å². The first-order chi connectivity index (χ1) is 6.24. The second kappa shape index (κ2) is 7.84. The van der Waals surface area contributed by atoms with Crippen molar-refractivity contribution in [2.24, 2.45) is 0 Å². The van der Waals surface area contributed by atoms with Gasteiger partial charge < -0.3 is 5.32 Å². The number of amides is 1. The van der Waals surface area contributed by atoms with E-state index in [0.717, 1.165) is 12.8 Å². The molecule has 0 bridgehead atoms. The van der Waals surface area contributed by atoms with Crippen LogP contribution >= 0.6 is 0 Å². The van der Waals surface area contributed by atoms with E-state index < -0.39 is 0 Å². The van der Waals surface area contributed by atoms with E-state index in [0.29, 0.717) is 6.04 Å². The number of carbonyl (C=O) groups is 1. The molecule has 2 heteroatoms. The normalized spacial score (nSPS) is 12.2. The summed E-state index contributed by atoms with van der Waals surface area (Å²) in [5.41, 5.74) is 0. The number of nitrogens with one attached hydrogen (secondary N) is 1. The summed E-state index contributed by atoms with van der Waals surface area (Å²) in [5, 5.41) is 2.92. The molecule has 1 atom stereocenters. The topological polar surface area (TPSA) is 29.1 Å². The van der Waals surface area contributed by atoms with E-state index in [-0.39, 0.29) is 5.91 Å². The third-order valence-corrected chi connectivity index (χ3v) is 2.18. The molecule has 13 heavy (non-hydrogen) atoms. The van der Waals surface area contributed by atoms with Crippen molar-refractivity contribution in [1.29, 1.82) is 0 Å². The largest absolute Gasteiger partial charge is 0.350 e. The van der Waals surface area contributed by atoms with Crippen LogP contribution in [0.4, 0.5) is 0 Å². The lowest BCUT2D eigenvalue weighted by atomic mass is 10.1.